The lowest BCUT2D eigenvalue weighted by molar-refractivity contribution is -0.117. The molecule has 0 bridgehead atoms. The predicted octanol–water partition coefficient (Wildman–Crippen LogP) is 3.25. The lowest BCUT2D eigenvalue weighted by Gasteiger charge is -2.18. The second-order valence-electron chi connectivity index (χ2n) is 8.41. The molecule has 158 valence electrons. The number of nitrogens with zero attached hydrogens (tertiary/aromatic N) is 4. The summed E-state index contributed by atoms with van der Waals surface area (Å²) in [5.41, 5.74) is 14.5. The van der Waals surface area contributed by atoms with Crippen LogP contribution in [0.1, 0.15) is 34.0 Å². The van der Waals surface area contributed by atoms with Gasteiger partial charge in [0.05, 0.1) is 18.3 Å². The van der Waals surface area contributed by atoms with Crippen molar-refractivity contribution in [3.8, 4) is 11.3 Å². The maximum atomic E-state index is 13.1. The average Bonchev–Trinajstić information content (AvgIpc) is 3.29. The molecule has 1 atom stereocenters. The molecule has 0 fully saturated rings. The third kappa shape index (κ3) is 3.41. The van der Waals surface area contributed by atoms with Crippen molar-refractivity contribution in [3.05, 3.63) is 64.2 Å². The lowest BCUT2D eigenvalue weighted by atomic mass is 10.0. The first-order chi connectivity index (χ1) is 14.9. The van der Waals surface area contributed by atoms with Crippen LogP contribution in [0.15, 0.2) is 41.4 Å². The van der Waals surface area contributed by atoms with E-state index in [1.54, 1.807) is 11.0 Å². The SMILES string of the molecule is Cc1cc(C)cc(CC(=O)N2CCc3cc(-c4nn(C)c5c4C(N)N=CN5)ccc32)c1. The van der Waals surface area contributed by atoms with E-state index in [9.17, 15) is 4.79 Å². The highest BCUT2D eigenvalue weighted by molar-refractivity contribution is 5.97. The molecule has 3 N–H and O–H groups in total. The van der Waals surface area contributed by atoms with E-state index in [1.807, 2.05) is 24.1 Å². The molecule has 0 spiro atoms. The summed E-state index contributed by atoms with van der Waals surface area (Å²) >= 11 is 0. The van der Waals surface area contributed by atoms with Gasteiger partial charge in [0, 0.05) is 24.8 Å². The molecule has 1 aromatic heterocycles. The van der Waals surface area contributed by atoms with Gasteiger partial charge in [-0.1, -0.05) is 35.4 Å². The third-order valence-corrected chi connectivity index (χ3v) is 6.00. The number of aliphatic imine (C=N–C) groups is 1. The van der Waals surface area contributed by atoms with Crippen LogP contribution in [-0.2, 0) is 24.7 Å². The van der Waals surface area contributed by atoms with E-state index in [2.05, 4.69) is 53.5 Å². The molecule has 0 aliphatic carbocycles. The Bertz CT molecular complexity index is 1200. The summed E-state index contributed by atoms with van der Waals surface area (Å²) in [6.45, 7) is 4.83. The Hall–Kier alpha value is -3.45. The molecule has 3 aromatic rings. The van der Waals surface area contributed by atoms with Crippen LogP contribution in [-0.4, -0.2) is 28.6 Å². The number of anilines is 2. The quantitative estimate of drug-likeness (QED) is 0.689. The van der Waals surface area contributed by atoms with E-state index < -0.39 is 6.17 Å². The maximum Gasteiger partial charge on any atom is 0.231 e. The summed E-state index contributed by atoms with van der Waals surface area (Å²) in [6.07, 6.45) is 2.42. The zero-order chi connectivity index (χ0) is 21.7. The standard InChI is InChI=1S/C24H26N6O/c1-14-8-15(2)10-16(9-14)11-20(31)30-7-6-17-12-18(4-5-19(17)30)22-21-23(25)26-13-27-24(21)29(3)28-22/h4-5,8-10,12-13,23H,6-7,11,25H2,1-3H3,(H,26,27). The Morgan fingerprint density at radius 3 is 2.74 bits per heavy atom. The van der Waals surface area contributed by atoms with Crippen molar-refractivity contribution < 1.29 is 4.79 Å². The Morgan fingerprint density at radius 2 is 1.97 bits per heavy atom. The van der Waals surface area contributed by atoms with Crippen LogP contribution in [0.4, 0.5) is 11.5 Å². The summed E-state index contributed by atoms with van der Waals surface area (Å²) in [4.78, 5) is 19.2. The molecule has 7 heteroatoms. The summed E-state index contributed by atoms with van der Waals surface area (Å²) in [6, 6.07) is 12.5. The molecule has 1 amide bonds. The van der Waals surface area contributed by atoms with Crippen LogP contribution in [0, 0.1) is 13.8 Å². The Morgan fingerprint density at radius 1 is 1.19 bits per heavy atom. The van der Waals surface area contributed by atoms with Crippen LogP contribution < -0.4 is 16.0 Å². The highest BCUT2D eigenvalue weighted by atomic mass is 16.2. The van der Waals surface area contributed by atoms with Crippen molar-refractivity contribution in [1.29, 1.82) is 0 Å². The van der Waals surface area contributed by atoms with Crippen molar-refractivity contribution in [2.75, 3.05) is 16.8 Å². The monoisotopic (exact) mass is 414 g/mol. The molecule has 2 aliphatic heterocycles. The van der Waals surface area contributed by atoms with Gasteiger partial charge in [0.25, 0.3) is 0 Å². The van der Waals surface area contributed by atoms with Crippen molar-refractivity contribution >= 4 is 23.8 Å². The minimum Gasteiger partial charge on any atom is -0.331 e. The van der Waals surface area contributed by atoms with Crippen molar-refractivity contribution in [2.45, 2.75) is 32.9 Å². The Kier molecular flexibility index (Phi) is 4.63. The van der Waals surface area contributed by atoms with Gasteiger partial charge in [-0.15, -0.1) is 0 Å². The number of carbonyl (C=O) groups excluding carboxylic acids is 1. The van der Waals surface area contributed by atoms with Gasteiger partial charge in [-0.2, -0.15) is 5.10 Å². The van der Waals surface area contributed by atoms with Gasteiger partial charge in [0.15, 0.2) is 0 Å². The van der Waals surface area contributed by atoms with Crippen molar-refractivity contribution in [1.82, 2.24) is 9.78 Å². The van der Waals surface area contributed by atoms with Gasteiger partial charge in [-0.25, -0.2) is 0 Å². The molecule has 1 unspecified atom stereocenters. The zero-order valence-electron chi connectivity index (χ0n) is 18.0. The third-order valence-electron chi connectivity index (χ3n) is 6.00. The summed E-state index contributed by atoms with van der Waals surface area (Å²) in [5.74, 6) is 0.996. The summed E-state index contributed by atoms with van der Waals surface area (Å²) < 4.78 is 1.79. The number of hydrogen-bond donors (Lipinski definition) is 2. The molecule has 2 aliphatic rings. The molecule has 5 rings (SSSR count). The first-order valence-corrected chi connectivity index (χ1v) is 10.5. The van der Waals surface area contributed by atoms with Gasteiger partial charge in [0.1, 0.15) is 17.7 Å². The molecular weight excluding hydrogens is 388 g/mol. The Balaban J connectivity index is 1.43. The number of amides is 1. The normalized spacial score (nSPS) is 16.8. The number of nitrogens with one attached hydrogen (secondary N) is 1. The number of aryl methyl sites for hydroxylation is 3. The molecule has 0 saturated carbocycles. The van der Waals surface area contributed by atoms with Gasteiger partial charge < -0.3 is 16.0 Å². The fourth-order valence-corrected chi connectivity index (χ4v) is 4.71. The van der Waals surface area contributed by atoms with Crippen molar-refractivity contribution in [3.63, 3.8) is 0 Å². The minimum absolute atomic E-state index is 0.132. The van der Waals surface area contributed by atoms with Crippen LogP contribution >= 0.6 is 0 Å². The molecule has 3 heterocycles. The number of hydrogen-bond acceptors (Lipinski definition) is 5. The van der Waals surface area contributed by atoms with E-state index in [4.69, 9.17) is 5.73 Å². The van der Waals surface area contributed by atoms with Gasteiger partial charge >= 0.3 is 0 Å². The number of rotatable bonds is 3. The number of aromatic nitrogens is 2. The van der Waals surface area contributed by atoms with E-state index in [-0.39, 0.29) is 5.91 Å². The molecule has 7 nitrogen and oxygen atoms in total. The maximum absolute atomic E-state index is 13.1. The van der Waals surface area contributed by atoms with E-state index in [1.165, 1.54) is 11.1 Å². The number of nitrogens with two attached hydrogens (primary N) is 1. The molecular formula is C24H26N6O. The second kappa shape index (κ2) is 7.35. The van der Waals surface area contributed by atoms with Crippen LogP contribution in [0.3, 0.4) is 0 Å². The van der Waals surface area contributed by atoms with Crippen molar-refractivity contribution in [2.24, 2.45) is 17.8 Å². The highest BCUT2D eigenvalue weighted by Crippen LogP contribution is 2.38. The molecule has 31 heavy (non-hydrogen) atoms. The Labute approximate surface area is 181 Å². The fourth-order valence-electron chi connectivity index (χ4n) is 4.71. The van der Waals surface area contributed by atoms with Crippen LogP contribution in [0.5, 0.6) is 0 Å². The number of carbonyl (C=O) groups is 1. The first-order valence-electron chi connectivity index (χ1n) is 10.5. The summed E-state index contributed by atoms with van der Waals surface area (Å²) in [7, 11) is 1.89. The first kappa shape index (κ1) is 19.5. The minimum atomic E-state index is -0.441. The average molecular weight is 415 g/mol. The fraction of sp³-hybridized carbons (Fsp3) is 0.292. The van der Waals surface area contributed by atoms with Crippen LogP contribution in [0.25, 0.3) is 11.3 Å². The second-order valence-corrected chi connectivity index (χ2v) is 8.41. The van der Waals surface area contributed by atoms with Gasteiger partial charge in [-0.05, 0) is 43.5 Å². The predicted molar refractivity (Wildman–Crippen MR) is 123 cm³/mol. The molecule has 0 saturated heterocycles. The highest BCUT2D eigenvalue weighted by Gasteiger charge is 2.28. The van der Waals surface area contributed by atoms with E-state index >= 15 is 0 Å². The molecule has 2 aromatic carbocycles. The smallest absolute Gasteiger partial charge is 0.231 e. The number of fused-ring (bicyclic) bond motifs is 2. The van der Waals surface area contributed by atoms with E-state index in [0.29, 0.717) is 13.0 Å². The summed E-state index contributed by atoms with van der Waals surface area (Å²) in [5, 5.41) is 7.81. The van der Waals surface area contributed by atoms with Gasteiger partial charge in [0.2, 0.25) is 5.91 Å². The lowest BCUT2D eigenvalue weighted by Crippen LogP contribution is -2.30. The van der Waals surface area contributed by atoms with Gasteiger partial charge in [-0.3, -0.25) is 14.5 Å². The van der Waals surface area contributed by atoms with E-state index in [0.717, 1.165) is 45.9 Å². The van der Waals surface area contributed by atoms with Crippen LogP contribution in [0.2, 0.25) is 0 Å². The molecule has 0 radical (unpaired) electrons. The number of benzene rings is 2. The topological polar surface area (TPSA) is 88.5 Å². The zero-order valence-corrected chi connectivity index (χ0v) is 18.0. The largest absolute Gasteiger partial charge is 0.331 e.